The van der Waals surface area contributed by atoms with Crippen LogP contribution in [0.25, 0.3) is 6.08 Å². The van der Waals surface area contributed by atoms with Crippen LogP contribution < -0.4 is 10.9 Å². The molecule has 0 aliphatic heterocycles. The lowest BCUT2D eigenvalue weighted by atomic mass is 9.47. The summed E-state index contributed by atoms with van der Waals surface area (Å²) in [6.45, 7) is 3.94. The van der Waals surface area contributed by atoms with E-state index in [1.54, 1.807) is 7.17 Å². The van der Waals surface area contributed by atoms with Crippen molar-refractivity contribution >= 4 is 39.8 Å². The van der Waals surface area contributed by atoms with Gasteiger partial charge in [-0.3, -0.25) is 0 Å². The van der Waals surface area contributed by atoms with Crippen LogP contribution in [0.4, 0.5) is 0 Å². The molecule has 0 aliphatic rings. The lowest BCUT2D eigenvalue weighted by molar-refractivity contribution is 1.52. The third kappa shape index (κ3) is 2.09. The molecule has 3 heteroatoms. The highest BCUT2D eigenvalue weighted by Crippen LogP contribution is 1.99. The van der Waals surface area contributed by atoms with Gasteiger partial charge in [-0.2, -0.15) is 0 Å². The second kappa shape index (κ2) is 4.41. The molecule has 0 atom stereocenters. The number of aryl methyl sites for hydroxylation is 1. The summed E-state index contributed by atoms with van der Waals surface area (Å²) in [4.78, 5) is 0. The van der Waals surface area contributed by atoms with Gasteiger partial charge in [-0.05, 0) is 19.4 Å². The van der Waals surface area contributed by atoms with E-state index in [0.29, 0.717) is 0 Å². The van der Waals surface area contributed by atoms with Crippen LogP contribution in [0.15, 0.2) is 18.2 Å². The molecule has 0 N–H and O–H groups in total. The van der Waals surface area contributed by atoms with Crippen molar-refractivity contribution in [2.45, 2.75) is 13.8 Å². The molecule has 59 valence electrons. The maximum atomic E-state index is 5.88. The molecule has 13 heavy (non-hydrogen) atoms. The van der Waals surface area contributed by atoms with E-state index in [9.17, 15) is 0 Å². The van der Waals surface area contributed by atoms with Crippen LogP contribution in [-0.2, 0) is 0 Å². The summed E-state index contributed by atoms with van der Waals surface area (Å²) in [5.41, 5.74) is 3.80. The highest BCUT2D eigenvalue weighted by Gasteiger charge is 2.02. The zero-order chi connectivity index (χ0) is 9.84. The fourth-order valence-electron chi connectivity index (χ4n) is 1.27. The average Bonchev–Trinajstić information content (AvgIpc) is 2.12. The Kier molecular flexibility index (Phi) is 3.47. The molecule has 0 amide bonds. The minimum atomic E-state index is 0.762. The standard InChI is InChI=1S/C10H10B3/c1-3-4-8-6-5-7(2)9(11)10(8)13-12/h3-6H,1-2H3/b4-3+. The SMILES string of the molecule is [B][B]c1c(/C=C/C)ccc(C)c1[B]. The summed E-state index contributed by atoms with van der Waals surface area (Å²) in [6, 6.07) is 4.02. The van der Waals surface area contributed by atoms with Crippen molar-refractivity contribution in [1.29, 1.82) is 0 Å². The van der Waals surface area contributed by atoms with Gasteiger partial charge in [0.1, 0.15) is 7.85 Å². The van der Waals surface area contributed by atoms with Gasteiger partial charge in [0.2, 0.25) is 0 Å². The lowest BCUT2D eigenvalue weighted by Gasteiger charge is -2.11. The predicted octanol–water partition coefficient (Wildman–Crippen LogP) is 0.235. The molecule has 1 rings (SSSR count). The molecule has 0 fully saturated rings. The Labute approximate surface area is 83.5 Å². The van der Waals surface area contributed by atoms with Crippen LogP contribution >= 0.6 is 0 Å². The summed E-state index contributed by atoms with van der Waals surface area (Å²) >= 11 is 0. The number of rotatable bonds is 2. The van der Waals surface area contributed by atoms with Crippen LogP contribution in [0.2, 0.25) is 0 Å². The Morgan fingerprint density at radius 1 is 1.38 bits per heavy atom. The van der Waals surface area contributed by atoms with E-state index in [1.165, 1.54) is 0 Å². The van der Waals surface area contributed by atoms with Gasteiger partial charge in [0.25, 0.3) is 0 Å². The average molecular weight is 163 g/mol. The lowest BCUT2D eigenvalue weighted by Crippen LogP contribution is -2.35. The molecule has 0 nitrogen and oxygen atoms in total. The zero-order valence-electron chi connectivity index (χ0n) is 8.04. The minimum Gasteiger partial charge on any atom is -0.100 e. The number of allylic oxidation sites excluding steroid dienone is 1. The van der Waals surface area contributed by atoms with Crippen molar-refractivity contribution in [2.75, 3.05) is 0 Å². The Morgan fingerprint density at radius 2 is 2.08 bits per heavy atom. The Morgan fingerprint density at radius 3 is 2.62 bits per heavy atom. The molecule has 5 radical (unpaired) electrons. The maximum Gasteiger partial charge on any atom is 0.113 e. The van der Waals surface area contributed by atoms with E-state index in [4.69, 9.17) is 15.6 Å². The molecule has 0 bridgehead atoms. The van der Waals surface area contributed by atoms with Gasteiger partial charge in [0, 0.05) is 7.74 Å². The molecule has 0 aromatic heterocycles. The third-order valence-corrected chi connectivity index (χ3v) is 2.05. The van der Waals surface area contributed by atoms with E-state index in [0.717, 1.165) is 22.1 Å². The predicted molar refractivity (Wildman–Crippen MR) is 62.4 cm³/mol. The van der Waals surface area contributed by atoms with E-state index in [2.05, 4.69) is 0 Å². The van der Waals surface area contributed by atoms with Gasteiger partial charge >= 0.3 is 0 Å². The van der Waals surface area contributed by atoms with Gasteiger partial charge in [-0.15, -0.1) is 5.46 Å². The number of hydrogen-bond donors (Lipinski definition) is 0. The van der Waals surface area contributed by atoms with Crippen molar-refractivity contribution in [3.63, 3.8) is 0 Å². The molecule has 0 saturated carbocycles. The summed E-state index contributed by atoms with van der Waals surface area (Å²) in [7, 11) is 12.9. The number of benzene rings is 1. The normalized spacial score (nSPS) is 10.6. The fourth-order valence-corrected chi connectivity index (χ4v) is 1.27. The van der Waals surface area contributed by atoms with Gasteiger partial charge in [0.05, 0.1) is 7.17 Å². The van der Waals surface area contributed by atoms with Gasteiger partial charge < -0.3 is 0 Å². The molecule has 0 unspecified atom stereocenters. The minimum absolute atomic E-state index is 0.762. The van der Waals surface area contributed by atoms with Crippen molar-refractivity contribution in [3.8, 4) is 0 Å². The fraction of sp³-hybridized carbons (Fsp3) is 0.200. The highest BCUT2D eigenvalue weighted by molar-refractivity contribution is 6.99. The van der Waals surface area contributed by atoms with E-state index >= 15 is 0 Å². The topological polar surface area (TPSA) is 0 Å². The van der Waals surface area contributed by atoms with Crippen molar-refractivity contribution in [2.24, 2.45) is 0 Å². The van der Waals surface area contributed by atoms with Crippen LogP contribution in [0.5, 0.6) is 0 Å². The summed E-state index contributed by atoms with van der Waals surface area (Å²) in [5.74, 6) is 0. The summed E-state index contributed by atoms with van der Waals surface area (Å²) in [5, 5.41) is 0. The number of hydrogen-bond acceptors (Lipinski definition) is 0. The van der Waals surface area contributed by atoms with Crippen LogP contribution in [0.3, 0.4) is 0 Å². The van der Waals surface area contributed by atoms with Crippen LogP contribution in [0.1, 0.15) is 18.1 Å². The highest BCUT2D eigenvalue weighted by atomic mass is 14.0. The van der Waals surface area contributed by atoms with E-state index in [1.807, 2.05) is 38.1 Å². The Hall–Kier alpha value is -0.845. The quantitative estimate of drug-likeness (QED) is 0.547. The molecule has 0 saturated heterocycles. The Bertz CT molecular complexity index is 329. The molecular weight excluding hydrogens is 153 g/mol. The van der Waals surface area contributed by atoms with Crippen molar-refractivity contribution < 1.29 is 0 Å². The first-order chi connectivity index (χ1) is 6.20. The summed E-state index contributed by atoms with van der Waals surface area (Å²) < 4.78 is 0. The molecule has 0 spiro atoms. The molecule has 1 aromatic carbocycles. The van der Waals surface area contributed by atoms with Crippen molar-refractivity contribution in [3.05, 3.63) is 29.3 Å². The molecule has 0 aliphatic carbocycles. The van der Waals surface area contributed by atoms with Gasteiger partial charge in [-0.1, -0.05) is 35.3 Å². The second-order valence-corrected chi connectivity index (χ2v) is 2.97. The smallest absolute Gasteiger partial charge is 0.100 e. The molecule has 0 heterocycles. The van der Waals surface area contributed by atoms with E-state index < -0.39 is 0 Å². The van der Waals surface area contributed by atoms with Gasteiger partial charge in [0.15, 0.2) is 0 Å². The zero-order valence-corrected chi connectivity index (χ0v) is 8.04. The second-order valence-electron chi connectivity index (χ2n) is 2.97. The van der Waals surface area contributed by atoms with E-state index in [-0.39, 0.29) is 0 Å². The summed E-state index contributed by atoms with van der Waals surface area (Å²) in [6.07, 6.45) is 3.96. The monoisotopic (exact) mass is 163 g/mol. The molecular formula is C10H10B3. The first-order valence-corrected chi connectivity index (χ1v) is 4.27. The van der Waals surface area contributed by atoms with Crippen LogP contribution in [-0.4, -0.2) is 22.8 Å². The molecule has 1 aromatic rings. The first kappa shape index (κ1) is 10.2. The first-order valence-electron chi connectivity index (χ1n) is 4.27. The Balaban J connectivity index is 3.29. The largest absolute Gasteiger partial charge is 0.113 e. The van der Waals surface area contributed by atoms with Crippen LogP contribution in [0, 0.1) is 6.92 Å². The van der Waals surface area contributed by atoms with Crippen molar-refractivity contribution in [1.82, 2.24) is 0 Å². The maximum absolute atomic E-state index is 5.88. The van der Waals surface area contributed by atoms with Gasteiger partial charge in [-0.25, -0.2) is 0 Å². The third-order valence-electron chi connectivity index (χ3n) is 2.05.